The molecule has 4 nitrogen and oxygen atoms in total. The quantitative estimate of drug-likeness (QED) is 0.117. The van der Waals surface area contributed by atoms with Crippen LogP contribution in [0.1, 0.15) is 51.7 Å². The smallest absolute Gasteiger partial charge is 0.380 e. The largest absolute Gasteiger partial charge is 2.00 e. The van der Waals surface area contributed by atoms with Gasteiger partial charge in [-0.05, 0) is 52.0 Å². The SMILES string of the molecule is CC(CC(C)(O)C(F)(F)F)=Nc1ccccc1.CC(CC(C)(O)C(F)(F)F)=Nc1ccccc1.[CH2-]c1ccccc1.[CH2-]c1ccccc1.[Zr+2]. The molecule has 2 N–H and O–H groups in total. The van der Waals surface area contributed by atoms with Crippen molar-refractivity contribution in [3.8, 4) is 0 Å². The summed E-state index contributed by atoms with van der Waals surface area (Å²) in [6, 6.07) is 37.1. The number of aliphatic imine (C=N–C) groups is 2. The summed E-state index contributed by atoms with van der Waals surface area (Å²) in [5.41, 5.74) is -1.72. The molecule has 4 aromatic rings. The van der Waals surface area contributed by atoms with E-state index in [9.17, 15) is 36.6 Å². The van der Waals surface area contributed by atoms with E-state index in [1.165, 1.54) is 13.8 Å². The van der Waals surface area contributed by atoms with E-state index in [0.29, 0.717) is 11.4 Å². The first-order valence-corrected chi connectivity index (χ1v) is 14.7. The maximum atomic E-state index is 12.4. The van der Waals surface area contributed by atoms with Crippen LogP contribution in [0.4, 0.5) is 37.7 Å². The van der Waals surface area contributed by atoms with Crippen LogP contribution in [-0.2, 0) is 26.2 Å². The van der Waals surface area contributed by atoms with Crippen molar-refractivity contribution in [1.29, 1.82) is 0 Å². The summed E-state index contributed by atoms with van der Waals surface area (Å²) in [6.07, 6.45) is -10.4. The topological polar surface area (TPSA) is 65.2 Å². The van der Waals surface area contributed by atoms with E-state index in [1.54, 1.807) is 60.7 Å². The Labute approximate surface area is 304 Å². The Balaban J connectivity index is 0.000000670. The van der Waals surface area contributed by atoms with Crippen LogP contribution in [0.25, 0.3) is 0 Å². The molecule has 4 aromatic carbocycles. The van der Waals surface area contributed by atoms with Crippen molar-refractivity contribution >= 4 is 22.8 Å². The van der Waals surface area contributed by atoms with E-state index < -0.39 is 36.4 Å². The van der Waals surface area contributed by atoms with Crippen molar-refractivity contribution in [3.63, 3.8) is 0 Å². The van der Waals surface area contributed by atoms with Crippen molar-refractivity contribution in [2.24, 2.45) is 9.98 Å². The van der Waals surface area contributed by atoms with Crippen LogP contribution in [-0.4, -0.2) is 45.2 Å². The van der Waals surface area contributed by atoms with E-state index >= 15 is 0 Å². The van der Waals surface area contributed by atoms with Gasteiger partial charge in [0.15, 0.2) is 11.2 Å². The minimum atomic E-state index is -4.65. The van der Waals surface area contributed by atoms with Gasteiger partial charge in [-0.1, -0.05) is 48.5 Å². The standard InChI is InChI=1S/2C12H14F3NO.2C7H7.Zr/c2*1-9(8-11(2,17)12(13,14)15)16-10-6-4-3-5-7-10;2*1-7-5-3-2-4-6-7;/h2*3-7,17H,8H2,1-2H3;2*2-6H,1H2;/q;;2*-1;+2. The third-order valence-electron chi connectivity index (χ3n) is 6.26. The Hall–Kier alpha value is -3.66. The number of aliphatic hydroxyl groups is 2. The van der Waals surface area contributed by atoms with E-state index in [4.69, 9.17) is 0 Å². The van der Waals surface area contributed by atoms with E-state index in [0.717, 1.165) is 25.0 Å². The van der Waals surface area contributed by atoms with Crippen LogP contribution in [0.5, 0.6) is 0 Å². The van der Waals surface area contributed by atoms with Gasteiger partial charge in [0.2, 0.25) is 0 Å². The molecule has 0 bridgehead atoms. The molecule has 2 unspecified atom stereocenters. The molecule has 0 radical (unpaired) electrons. The zero-order valence-electron chi connectivity index (χ0n) is 27.9. The van der Waals surface area contributed by atoms with Crippen LogP contribution < -0.4 is 0 Å². The van der Waals surface area contributed by atoms with Crippen molar-refractivity contribution in [2.75, 3.05) is 0 Å². The molecular weight excluding hydrogens is 722 g/mol. The first kappa shape index (κ1) is 45.3. The molecule has 0 aromatic heterocycles. The van der Waals surface area contributed by atoms with Crippen LogP contribution in [0.2, 0.25) is 0 Å². The van der Waals surface area contributed by atoms with E-state index in [2.05, 4.69) is 23.8 Å². The molecule has 2 atom stereocenters. The first-order valence-electron chi connectivity index (χ1n) is 14.7. The van der Waals surface area contributed by atoms with Gasteiger partial charge in [0.05, 0.1) is 11.4 Å². The van der Waals surface area contributed by atoms with Crippen molar-refractivity contribution < 1.29 is 62.8 Å². The van der Waals surface area contributed by atoms with Gasteiger partial charge in [-0.15, -0.1) is 24.3 Å². The zero-order chi connectivity index (χ0) is 36.4. The molecule has 0 aliphatic heterocycles. The molecule has 0 saturated heterocycles. The van der Waals surface area contributed by atoms with Gasteiger partial charge in [-0.3, -0.25) is 9.98 Å². The number of nitrogens with zero attached hydrogens (tertiary/aromatic N) is 2. The molecule has 49 heavy (non-hydrogen) atoms. The minimum Gasteiger partial charge on any atom is -0.380 e. The first-order chi connectivity index (χ1) is 22.2. The van der Waals surface area contributed by atoms with Crippen molar-refractivity contribution in [3.05, 3.63) is 146 Å². The fourth-order valence-electron chi connectivity index (χ4n) is 3.68. The average Bonchev–Trinajstić information content (AvgIpc) is 2.98. The predicted octanol–water partition coefficient (Wildman–Crippen LogP) is 10.7. The summed E-state index contributed by atoms with van der Waals surface area (Å²) in [7, 11) is 0. The van der Waals surface area contributed by atoms with E-state index in [-0.39, 0.29) is 37.6 Å². The second-order valence-electron chi connectivity index (χ2n) is 11.2. The maximum absolute atomic E-state index is 12.4. The Kier molecular flexibility index (Phi) is 19.8. The Morgan fingerprint density at radius 2 is 0.735 bits per heavy atom. The molecule has 0 fully saturated rings. The number of halogens is 6. The van der Waals surface area contributed by atoms with Crippen LogP contribution in [0.15, 0.2) is 131 Å². The average molecular weight is 764 g/mol. The predicted molar refractivity (Wildman–Crippen MR) is 183 cm³/mol. The van der Waals surface area contributed by atoms with Gasteiger partial charge in [-0.2, -0.15) is 75.6 Å². The van der Waals surface area contributed by atoms with Gasteiger partial charge >= 0.3 is 38.6 Å². The van der Waals surface area contributed by atoms with Gasteiger partial charge < -0.3 is 10.2 Å². The summed E-state index contributed by atoms with van der Waals surface area (Å²) in [5, 5.41) is 18.6. The van der Waals surface area contributed by atoms with Gasteiger partial charge in [-0.25, -0.2) is 0 Å². The zero-order valence-corrected chi connectivity index (χ0v) is 30.4. The normalized spacial score (nSPS) is 14.0. The number of alkyl halides is 6. The second-order valence-corrected chi connectivity index (χ2v) is 11.2. The molecule has 0 aliphatic rings. The molecular formula is C38H42F6N2O2Zr. The number of para-hydroxylation sites is 2. The fourth-order valence-corrected chi connectivity index (χ4v) is 3.68. The molecule has 11 heteroatoms. The van der Waals surface area contributed by atoms with Crippen LogP contribution in [0.3, 0.4) is 0 Å². The van der Waals surface area contributed by atoms with Crippen LogP contribution in [0, 0.1) is 13.8 Å². The summed E-state index contributed by atoms with van der Waals surface area (Å²) in [4.78, 5) is 8.03. The number of rotatable bonds is 6. The summed E-state index contributed by atoms with van der Waals surface area (Å²) in [5.74, 6) is 0. The van der Waals surface area contributed by atoms with Gasteiger partial charge in [0, 0.05) is 24.3 Å². The third-order valence-corrected chi connectivity index (χ3v) is 6.26. The number of hydrogen-bond donors (Lipinski definition) is 2. The number of hydrogen-bond acceptors (Lipinski definition) is 4. The molecule has 0 saturated carbocycles. The van der Waals surface area contributed by atoms with Crippen molar-refractivity contribution in [1.82, 2.24) is 0 Å². The Bertz CT molecular complexity index is 1390. The molecule has 4 rings (SSSR count). The Morgan fingerprint density at radius 3 is 0.918 bits per heavy atom. The fraction of sp³-hybridized carbons (Fsp3) is 0.263. The Morgan fingerprint density at radius 1 is 0.510 bits per heavy atom. The molecule has 0 aliphatic carbocycles. The number of benzene rings is 4. The molecule has 0 heterocycles. The minimum absolute atomic E-state index is 0. The molecule has 0 spiro atoms. The summed E-state index contributed by atoms with van der Waals surface area (Å²) < 4.78 is 74.6. The molecule has 0 amide bonds. The summed E-state index contributed by atoms with van der Waals surface area (Å²) in [6.45, 7) is 11.9. The van der Waals surface area contributed by atoms with Gasteiger partial charge in [0.1, 0.15) is 0 Å². The maximum Gasteiger partial charge on any atom is 2.00 e. The third kappa shape index (κ3) is 19.2. The monoisotopic (exact) mass is 762 g/mol. The molecule has 262 valence electrons. The van der Waals surface area contributed by atoms with E-state index in [1.807, 2.05) is 60.7 Å². The van der Waals surface area contributed by atoms with Crippen molar-refractivity contribution in [2.45, 2.75) is 64.1 Å². The summed E-state index contributed by atoms with van der Waals surface area (Å²) >= 11 is 0. The van der Waals surface area contributed by atoms with Crippen LogP contribution >= 0.6 is 0 Å². The second kappa shape index (κ2) is 21.4. The van der Waals surface area contributed by atoms with Gasteiger partial charge in [0.25, 0.3) is 0 Å².